The second-order valence-corrected chi connectivity index (χ2v) is 4.67. The molecule has 0 heterocycles. The minimum Gasteiger partial charge on any atom is -0.306 e. The number of halogens is 5. The highest BCUT2D eigenvalue weighted by Crippen LogP contribution is 2.20. The zero-order valence-electron chi connectivity index (χ0n) is 9.11. The van der Waals surface area contributed by atoms with Crippen LogP contribution in [-0.4, -0.2) is 18.8 Å². The van der Waals surface area contributed by atoms with Crippen molar-refractivity contribution in [3.63, 3.8) is 0 Å². The van der Waals surface area contributed by atoms with Crippen LogP contribution in [-0.2, 0) is 6.42 Å². The molecule has 0 aliphatic rings. The molecular formula is C11H12BrF4N. The van der Waals surface area contributed by atoms with E-state index in [-0.39, 0.29) is 6.42 Å². The number of alkyl halides is 3. The van der Waals surface area contributed by atoms with Gasteiger partial charge in [0.05, 0.1) is 11.0 Å². The predicted octanol–water partition coefficient (Wildman–Crippen LogP) is 3.67. The van der Waals surface area contributed by atoms with Gasteiger partial charge < -0.3 is 5.32 Å². The van der Waals surface area contributed by atoms with E-state index in [1.54, 1.807) is 25.1 Å². The molecule has 1 atom stereocenters. The summed E-state index contributed by atoms with van der Waals surface area (Å²) in [7, 11) is 0. The van der Waals surface area contributed by atoms with Gasteiger partial charge in [-0.05, 0) is 40.9 Å². The minimum atomic E-state index is -4.25. The summed E-state index contributed by atoms with van der Waals surface area (Å²) in [6, 6.07) is 4.32. The van der Waals surface area contributed by atoms with Crippen molar-refractivity contribution in [1.29, 1.82) is 0 Å². The van der Waals surface area contributed by atoms with Gasteiger partial charge in [-0.25, -0.2) is 4.39 Å². The summed E-state index contributed by atoms with van der Waals surface area (Å²) in [6.45, 7) is 0.524. The van der Waals surface area contributed by atoms with E-state index in [4.69, 9.17) is 0 Å². The summed E-state index contributed by atoms with van der Waals surface area (Å²) in [5.74, 6) is -0.423. The first kappa shape index (κ1) is 14.4. The molecule has 96 valence electrons. The number of hydrogen-bond acceptors (Lipinski definition) is 1. The number of benzene rings is 1. The van der Waals surface area contributed by atoms with Gasteiger partial charge in [-0.2, -0.15) is 13.2 Å². The fraction of sp³-hybridized carbons (Fsp3) is 0.455. The van der Waals surface area contributed by atoms with Crippen molar-refractivity contribution < 1.29 is 17.6 Å². The summed E-state index contributed by atoms with van der Waals surface area (Å²) in [5, 5.41) is 2.31. The molecule has 1 aromatic rings. The fourth-order valence-electron chi connectivity index (χ4n) is 1.40. The highest BCUT2D eigenvalue weighted by Gasteiger charge is 2.27. The Balaban J connectivity index is 2.56. The Kier molecular flexibility index (Phi) is 4.94. The van der Waals surface area contributed by atoms with Crippen molar-refractivity contribution in [3.8, 4) is 0 Å². The van der Waals surface area contributed by atoms with Gasteiger partial charge in [0.15, 0.2) is 0 Å². The Morgan fingerprint density at radius 3 is 2.59 bits per heavy atom. The maximum atomic E-state index is 13.5. The lowest BCUT2D eigenvalue weighted by molar-refractivity contribution is -0.126. The Morgan fingerprint density at radius 2 is 2.00 bits per heavy atom. The topological polar surface area (TPSA) is 12.0 Å². The predicted molar refractivity (Wildman–Crippen MR) is 61.3 cm³/mol. The molecule has 1 N–H and O–H groups in total. The normalized spacial score (nSPS) is 13.8. The average molecular weight is 314 g/mol. The first-order chi connectivity index (χ1) is 7.79. The van der Waals surface area contributed by atoms with E-state index in [1.807, 2.05) is 0 Å². The molecule has 1 nitrogen and oxygen atoms in total. The average Bonchev–Trinajstić information content (AvgIpc) is 2.21. The van der Waals surface area contributed by atoms with Gasteiger partial charge in [-0.15, -0.1) is 0 Å². The third-order valence-corrected chi connectivity index (χ3v) is 2.82. The zero-order valence-corrected chi connectivity index (χ0v) is 10.7. The van der Waals surface area contributed by atoms with Crippen LogP contribution in [0.1, 0.15) is 12.5 Å². The van der Waals surface area contributed by atoms with Crippen molar-refractivity contribution in [1.82, 2.24) is 5.32 Å². The van der Waals surface area contributed by atoms with Crippen LogP contribution in [0.4, 0.5) is 17.6 Å². The lowest BCUT2D eigenvalue weighted by Gasteiger charge is -2.16. The van der Waals surface area contributed by atoms with E-state index < -0.39 is 24.6 Å². The zero-order chi connectivity index (χ0) is 13.1. The monoisotopic (exact) mass is 313 g/mol. The summed E-state index contributed by atoms with van der Waals surface area (Å²) in [4.78, 5) is 0. The van der Waals surface area contributed by atoms with Crippen LogP contribution < -0.4 is 5.32 Å². The lowest BCUT2D eigenvalue weighted by atomic mass is 10.1. The van der Waals surface area contributed by atoms with Crippen molar-refractivity contribution in [2.45, 2.75) is 25.6 Å². The third kappa shape index (κ3) is 5.04. The molecule has 17 heavy (non-hydrogen) atoms. The molecule has 0 aliphatic heterocycles. The third-order valence-electron chi connectivity index (χ3n) is 2.21. The molecule has 0 saturated carbocycles. The van der Waals surface area contributed by atoms with Crippen LogP contribution in [0.2, 0.25) is 0 Å². The summed E-state index contributed by atoms with van der Waals surface area (Å²) < 4.78 is 49.7. The Labute approximate surface area is 105 Å². The van der Waals surface area contributed by atoms with Crippen molar-refractivity contribution >= 4 is 15.9 Å². The second kappa shape index (κ2) is 5.82. The van der Waals surface area contributed by atoms with E-state index in [9.17, 15) is 17.6 Å². The lowest BCUT2D eigenvalue weighted by Crippen LogP contribution is -2.36. The van der Waals surface area contributed by atoms with Gasteiger partial charge in [-0.1, -0.05) is 12.1 Å². The van der Waals surface area contributed by atoms with Crippen LogP contribution in [0.3, 0.4) is 0 Å². The first-order valence-corrected chi connectivity index (χ1v) is 5.82. The Hall–Kier alpha value is -0.620. The molecule has 0 aliphatic carbocycles. The van der Waals surface area contributed by atoms with Crippen LogP contribution in [0.25, 0.3) is 0 Å². The SMILES string of the molecule is C[C@H](Cc1cccc(Br)c1F)NCC(F)(F)F. The van der Waals surface area contributed by atoms with Gasteiger partial charge in [0.1, 0.15) is 5.82 Å². The van der Waals surface area contributed by atoms with Crippen molar-refractivity contribution in [2.24, 2.45) is 0 Å². The molecule has 0 spiro atoms. The second-order valence-electron chi connectivity index (χ2n) is 3.81. The number of hydrogen-bond donors (Lipinski definition) is 1. The molecule has 0 amide bonds. The smallest absolute Gasteiger partial charge is 0.306 e. The standard InChI is InChI=1S/C11H12BrF4N/c1-7(17-6-11(14,15)16)5-8-3-2-4-9(12)10(8)13/h2-4,7,17H,5-6H2,1H3/t7-/m1/s1. The van der Waals surface area contributed by atoms with E-state index >= 15 is 0 Å². The minimum absolute atomic E-state index is 0.210. The molecule has 0 radical (unpaired) electrons. The van der Waals surface area contributed by atoms with E-state index in [2.05, 4.69) is 21.2 Å². The maximum absolute atomic E-state index is 13.5. The van der Waals surface area contributed by atoms with E-state index in [0.717, 1.165) is 0 Å². The van der Waals surface area contributed by atoms with Gasteiger partial charge in [0.25, 0.3) is 0 Å². The number of nitrogens with one attached hydrogen (secondary N) is 1. The molecule has 0 fully saturated rings. The first-order valence-electron chi connectivity index (χ1n) is 5.02. The summed E-state index contributed by atoms with van der Waals surface area (Å²) in [5.41, 5.74) is 0.390. The van der Waals surface area contributed by atoms with Crippen molar-refractivity contribution in [3.05, 3.63) is 34.1 Å². The Bertz CT molecular complexity index is 378. The van der Waals surface area contributed by atoms with Gasteiger partial charge >= 0.3 is 6.18 Å². The summed E-state index contributed by atoms with van der Waals surface area (Å²) in [6.07, 6.45) is -4.04. The highest BCUT2D eigenvalue weighted by atomic mass is 79.9. The molecule has 6 heteroatoms. The van der Waals surface area contributed by atoms with Gasteiger partial charge in [0.2, 0.25) is 0 Å². The maximum Gasteiger partial charge on any atom is 0.401 e. The van der Waals surface area contributed by atoms with E-state index in [0.29, 0.717) is 10.0 Å². The van der Waals surface area contributed by atoms with E-state index in [1.165, 1.54) is 0 Å². The van der Waals surface area contributed by atoms with Gasteiger partial charge in [-0.3, -0.25) is 0 Å². The highest BCUT2D eigenvalue weighted by molar-refractivity contribution is 9.10. The Morgan fingerprint density at radius 1 is 1.35 bits per heavy atom. The quantitative estimate of drug-likeness (QED) is 0.836. The number of rotatable bonds is 4. The summed E-state index contributed by atoms with van der Waals surface area (Å²) >= 11 is 3.03. The van der Waals surface area contributed by atoms with Crippen LogP contribution in [0, 0.1) is 5.82 Å². The largest absolute Gasteiger partial charge is 0.401 e. The molecule has 0 aromatic heterocycles. The molecular weight excluding hydrogens is 302 g/mol. The van der Waals surface area contributed by atoms with Crippen LogP contribution in [0.15, 0.2) is 22.7 Å². The van der Waals surface area contributed by atoms with Crippen LogP contribution >= 0.6 is 15.9 Å². The van der Waals surface area contributed by atoms with Gasteiger partial charge in [0, 0.05) is 6.04 Å². The van der Waals surface area contributed by atoms with Crippen LogP contribution in [0.5, 0.6) is 0 Å². The molecule has 0 bridgehead atoms. The molecule has 1 aromatic carbocycles. The molecule has 0 unspecified atom stereocenters. The fourth-order valence-corrected chi connectivity index (χ4v) is 1.81. The molecule has 1 rings (SSSR count). The molecule has 0 saturated heterocycles. The van der Waals surface area contributed by atoms with Crippen molar-refractivity contribution in [2.75, 3.05) is 6.54 Å².